The van der Waals surface area contributed by atoms with Crippen molar-refractivity contribution < 1.29 is 0 Å². The summed E-state index contributed by atoms with van der Waals surface area (Å²) >= 11 is 5.96. The first-order chi connectivity index (χ1) is 11.3. The van der Waals surface area contributed by atoms with Gasteiger partial charge in [-0.3, -0.25) is 0 Å². The van der Waals surface area contributed by atoms with E-state index in [1.54, 1.807) is 0 Å². The summed E-state index contributed by atoms with van der Waals surface area (Å²) in [6.07, 6.45) is 0.709. The lowest BCUT2D eigenvalue weighted by molar-refractivity contribution is 1.29. The molecule has 2 nitrogen and oxygen atoms in total. The second-order valence-electron chi connectivity index (χ2n) is 5.19. The van der Waals surface area contributed by atoms with E-state index < -0.39 is 0 Å². The summed E-state index contributed by atoms with van der Waals surface area (Å²) in [6, 6.07) is 27.9. The molecule has 0 spiro atoms. The van der Waals surface area contributed by atoms with Gasteiger partial charge >= 0.3 is 0 Å². The molecule has 0 aromatic heterocycles. The maximum absolute atomic E-state index is 5.96. The van der Waals surface area contributed by atoms with Crippen LogP contribution in [0.2, 0.25) is 5.02 Å². The molecule has 0 aliphatic rings. The predicted octanol–water partition coefficient (Wildman–Crippen LogP) is 5.72. The van der Waals surface area contributed by atoms with Gasteiger partial charge in [0.2, 0.25) is 0 Å². The zero-order valence-electron chi connectivity index (χ0n) is 12.6. The lowest BCUT2D eigenvalue weighted by Gasteiger charge is -2.11. The summed E-state index contributed by atoms with van der Waals surface area (Å²) in [7, 11) is 0. The lowest BCUT2D eigenvalue weighted by Crippen LogP contribution is -2.14. The largest absolute Gasteiger partial charge is 0.343 e. The van der Waals surface area contributed by atoms with Crippen molar-refractivity contribution in [1.29, 1.82) is 0 Å². The first-order valence-electron chi connectivity index (χ1n) is 7.49. The van der Waals surface area contributed by atoms with Gasteiger partial charge < -0.3 is 5.32 Å². The van der Waals surface area contributed by atoms with Crippen LogP contribution in [0.3, 0.4) is 0 Å². The smallest absolute Gasteiger partial charge is 0.111 e. The van der Waals surface area contributed by atoms with E-state index >= 15 is 0 Å². The Labute approximate surface area is 141 Å². The van der Waals surface area contributed by atoms with Gasteiger partial charge in [-0.1, -0.05) is 60.1 Å². The highest BCUT2D eigenvalue weighted by Crippen LogP contribution is 2.16. The number of amidine groups is 1. The Kier molecular flexibility index (Phi) is 5.07. The van der Waals surface area contributed by atoms with Gasteiger partial charge in [0.15, 0.2) is 0 Å². The summed E-state index contributed by atoms with van der Waals surface area (Å²) in [5, 5.41) is 4.15. The summed E-state index contributed by atoms with van der Waals surface area (Å²) in [5.41, 5.74) is 3.11. The normalized spacial score (nSPS) is 11.3. The Morgan fingerprint density at radius 1 is 0.783 bits per heavy atom. The van der Waals surface area contributed by atoms with Crippen LogP contribution in [0.25, 0.3) is 0 Å². The van der Waals surface area contributed by atoms with Crippen LogP contribution in [0, 0.1) is 0 Å². The Bertz CT molecular complexity index is 766. The molecule has 0 aliphatic heterocycles. The molecule has 0 saturated heterocycles. The van der Waals surface area contributed by atoms with Gasteiger partial charge in [0.25, 0.3) is 0 Å². The van der Waals surface area contributed by atoms with Gasteiger partial charge in [0.05, 0.1) is 5.69 Å². The third-order valence-electron chi connectivity index (χ3n) is 3.37. The van der Waals surface area contributed by atoms with Crippen molar-refractivity contribution >= 4 is 28.8 Å². The zero-order valence-corrected chi connectivity index (χ0v) is 13.4. The summed E-state index contributed by atoms with van der Waals surface area (Å²) < 4.78 is 0. The summed E-state index contributed by atoms with van der Waals surface area (Å²) in [5.74, 6) is 0.893. The van der Waals surface area contributed by atoms with Crippen LogP contribution in [-0.2, 0) is 6.42 Å². The summed E-state index contributed by atoms with van der Waals surface area (Å²) in [6.45, 7) is 0. The van der Waals surface area contributed by atoms with Crippen molar-refractivity contribution in [3.63, 3.8) is 0 Å². The Balaban J connectivity index is 1.86. The van der Waals surface area contributed by atoms with E-state index in [2.05, 4.69) is 5.32 Å². The molecule has 0 saturated carbocycles. The monoisotopic (exact) mass is 320 g/mol. The fourth-order valence-corrected chi connectivity index (χ4v) is 2.38. The molecule has 0 aliphatic carbocycles. The van der Waals surface area contributed by atoms with Gasteiger partial charge in [-0.15, -0.1) is 0 Å². The second-order valence-corrected chi connectivity index (χ2v) is 5.62. The summed E-state index contributed by atoms with van der Waals surface area (Å²) in [4.78, 5) is 4.74. The Morgan fingerprint density at radius 2 is 1.39 bits per heavy atom. The highest BCUT2D eigenvalue weighted by atomic mass is 35.5. The van der Waals surface area contributed by atoms with E-state index in [1.807, 2.05) is 84.9 Å². The van der Waals surface area contributed by atoms with Gasteiger partial charge in [-0.25, -0.2) is 4.99 Å². The molecule has 0 heterocycles. The average Bonchev–Trinajstić information content (AvgIpc) is 2.59. The molecule has 0 atom stereocenters. The van der Waals surface area contributed by atoms with Crippen LogP contribution in [-0.4, -0.2) is 5.84 Å². The maximum atomic E-state index is 5.96. The predicted molar refractivity (Wildman–Crippen MR) is 98.8 cm³/mol. The topological polar surface area (TPSA) is 24.4 Å². The minimum absolute atomic E-state index is 0.709. The van der Waals surface area contributed by atoms with Gasteiger partial charge in [-0.05, 0) is 42.0 Å². The number of aliphatic imine (C=N–C) groups is 1. The second kappa shape index (κ2) is 7.61. The van der Waals surface area contributed by atoms with E-state index in [4.69, 9.17) is 16.6 Å². The first kappa shape index (κ1) is 15.3. The highest BCUT2D eigenvalue weighted by Gasteiger charge is 2.03. The molecular formula is C20H17ClN2. The number of anilines is 1. The van der Waals surface area contributed by atoms with Crippen molar-refractivity contribution in [2.75, 3.05) is 5.32 Å². The molecule has 0 fully saturated rings. The SMILES string of the molecule is Clc1ccc(C/C(=N\c2ccccc2)Nc2ccccc2)cc1. The van der Waals surface area contributed by atoms with E-state index in [0.717, 1.165) is 27.8 Å². The van der Waals surface area contributed by atoms with Crippen LogP contribution in [0.5, 0.6) is 0 Å². The van der Waals surface area contributed by atoms with E-state index in [0.29, 0.717) is 6.42 Å². The standard InChI is InChI=1S/C20H17ClN2/c21-17-13-11-16(12-14-17)15-20(22-18-7-3-1-4-8-18)23-19-9-5-2-6-10-19/h1-14H,15H2,(H,22,23). The molecule has 3 heteroatoms. The number of benzene rings is 3. The van der Waals surface area contributed by atoms with E-state index in [9.17, 15) is 0 Å². The maximum Gasteiger partial charge on any atom is 0.111 e. The molecule has 0 unspecified atom stereocenters. The molecule has 0 radical (unpaired) electrons. The van der Waals surface area contributed by atoms with Crippen molar-refractivity contribution in [3.8, 4) is 0 Å². The molecule has 3 aromatic rings. The van der Waals surface area contributed by atoms with Crippen molar-refractivity contribution in [3.05, 3.63) is 95.5 Å². The fraction of sp³-hybridized carbons (Fsp3) is 0.0500. The third-order valence-corrected chi connectivity index (χ3v) is 3.62. The fourth-order valence-electron chi connectivity index (χ4n) is 2.25. The first-order valence-corrected chi connectivity index (χ1v) is 7.86. The van der Waals surface area contributed by atoms with E-state index in [-0.39, 0.29) is 0 Å². The van der Waals surface area contributed by atoms with Crippen LogP contribution < -0.4 is 5.32 Å². The molecular weight excluding hydrogens is 304 g/mol. The highest BCUT2D eigenvalue weighted by molar-refractivity contribution is 6.30. The van der Waals surface area contributed by atoms with Crippen LogP contribution >= 0.6 is 11.6 Å². The molecule has 3 rings (SSSR count). The quantitative estimate of drug-likeness (QED) is 0.482. The van der Waals surface area contributed by atoms with Crippen LogP contribution in [0.1, 0.15) is 5.56 Å². The van der Waals surface area contributed by atoms with Gasteiger partial charge in [0, 0.05) is 17.1 Å². The Hall–Kier alpha value is -2.58. The number of para-hydroxylation sites is 2. The number of hydrogen-bond donors (Lipinski definition) is 1. The Morgan fingerprint density at radius 3 is 2.04 bits per heavy atom. The molecule has 23 heavy (non-hydrogen) atoms. The number of nitrogens with zero attached hydrogens (tertiary/aromatic N) is 1. The van der Waals surface area contributed by atoms with Crippen molar-refractivity contribution in [2.45, 2.75) is 6.42 Å². The number of nitrogens with one attached hydrogen (secondary N) is 1. The molecule has 3 aromatic carbocycles. The minimum Gasteiger partial charge on any atom is -0.343 e. The number of rotatable bonds is 4. The van der Waals surface area contributed by atoms with Crippen molar-refractivity contribution in [2.24, 2.45) is 4.99 Å². The zero-order chi connectivity index (χ0) is 15.9. The molecule has 1 N–H and O–H groups in total. The average molecular weight is 321 g/mol. The molecule has 0 amide bonds. The van der Waals surface area contributed by atoms with E-state index in [1.165, 1.54) is 0 Å². The number of halogens is 1. The number of hydrogen-bond acceptors (Lipinski definition) is 1. The van der Waals surface area contributed by atoms with Gasteiger partial charge in [0.1, 0.15) is 5.84 Å². The lowest BCUT2D eigenvalue weighted by atomic mass is 10.1. The van der Waals surface area contributed by atoms with Crippen LogP contribution in [0.15, 0.2) is 89.9 Å². The molecule has 114 valence electrons. The van der Waals surface area contributed by atoms with Gasteiger partial charge in [-0.2, -0.15) is 0 Å². The van der Waals surface area contributed by atoms with Crippen molar-refractivity contribution in [1.82, 2.24) is 0 Å². The molecule has 0 bridgehead atoms. The van der Waals surface area contributed by atoms with Crippen LogP contribution in [0.4, 0.5) is 11.4 Å². The minimum atomic E-state index is 0.709. The third kappa shape index (κ3) is 4.70.